The number of hydrogen-bond donors (Lipinski definition) is 1. The van der Waals surface area contributed by atoms with E-state index in [0.717, 1.165) is 11.9 Å². The van der Waals surface area contributed by atoms with Gasteiger partial charge in [-0.15, -0.1) is 0 Å². The summed E-state index contributed by atoms with van der Waals surface area (Å²) in [6.07, 6.45) is 8.03. The van der Waals surface area contributed by atoms with Crippen LogP contribution in [0.5, 0.6) is 0 Å². The first-order valence-electron chi connectivity index (χ1n) is 5.92. The number of rotatable bonds is 4. The van der Waals surface area contributed by atoms with Crippen molar-refractivity contribution in [2.24, 2.45) is 0 Å². The number of fused-ring (bicyclic) bond motifs is 1. The first-order valence-corrected chi connectivity index (χ1v) is 5.92. The number of hydrogen-bond acceptors (Lipinski definition) is 3. The van der Waals surface area contributed by atoms with Gasteiger partial charge in [-0.2, -0.15) is 0 Å². The third kappa shape index (κ3) is 2.71. The van der Waals surface area contributed by atoms with Gasteiger partial charge in [-0.3, -0.25) is 14.8 Å². The van der Waals surface area contributed by atoms with Gasteiger partial charge in [-0.05, 0) is 25.5 Å². The zero-order chi connectivity index (χ0) is 12.8. The van der Waals surface area contributed by atoms with Gasteiger partial charge in [0, 0.05) is 18.9 Å². The van der Waals surface area contributed by atoms with Crippen molar-refractivity contribution in [3.8, 4) is 0 Å². The Labute approximate surface area is 106 Å². The fourth-order valence-electron chi connectivity index (χ4n) is 1.71. The summed E-state index contributed by atoms with van der Waals surface area (Å²) >= 11 is 0. The molecule has 1 aromatic heterocycles. The molecule has 2 rings (SSSR count). The Kier molecular flexibility index (Phi) is 4.02. The van der Waals surface area contributed by atoms with Gasteiger partial charge in [0.15, 0.2) is 0 Å². The highest BCUT2D eigenvalue weighted by Gasteiger charge is 2.10. The molecule has 1 aromatic carbocycles. The molecule has 18 heavy (non-hydrogen) atoms. The van der Waals surface area contributed by atoms with Gasteiger partial charge >= 0.3 is 0 Å². The van der Waals surface area contributed by atoms with Crippen molar-refractivity contribution in [2.45, 2.75) is 13.3 Å². The van der Waals surface area contributed by atoms with E-state index in [-0.39, 0.29) is 5.91 Å². The van der Waals surface area contributed by atoms with Crippen LogP contribution in [0.4, 0.5) is 0 Å². The lowest BCUT2D eigenvalue weighted by Crippen LogP contribution is -2.24. The van der Waals surface area contributed by atoms with Crippen LogP contribution in [-0.4, -0.2) is 22.4 Å². The predicted molar refractivity (Wildman–Crippen MR) is 71.3 cm³/mol. The van der Waals surface area contributed by atoms with Crippen molar-refractivity contribution in [3.63, 3.8) is 0 Å². The molecule has 0 spiro atoms. The highest BCUT2D eigenvalue weighted by molar-refractivity contribution is 6.04. The first-order chi connectivity index (χ1) is 8.83. The van der Waals surface area contributed by atoms with Gasteiger partial charge in [0.1, 0.15) is 5.52 Å². The van der Waals surface area contributed by atoms with Crippen LogP contribution in [-0.2, 0) is 0 Å². The van der Waals surface area contributed by atoms with Crippen LogP contribution in [0.3, 0.4) is 0 Å². The molecule has 1 heterocycles. The smallest absolute Gasteiger partial charge is 0.253 e. The first kappa shape index (κ1) is 12.2. The van der Waals surface area contributed by atoms with E-state index in [1.54, 1.807) is 18.5 Å². The lowest BCUT2D eigenvalue weighted by Gasteiger charge is -2.05. The maximum absolute atomic E-state index is 12.0. The number of nitrogens with zero attached hydrogens (tertiary/aromatic N) is 2. The van der Waals surface area contributed by atoms with E-state index in [1.807, 2.05) is 31.2 Å². The molecular weight excluding hydrogens is 226 g/mol. The summed E-state index contributed by atoms with van der Waals surface area (Å²) in [5.74, 6) is -0.106. The van der Waals surface area contributed by atoms with Crippen molar-refractivity contribution >= 4 is 16.9 Å². The molecule has 1 amide bonds. The van der Waals surface area contributed by atoms with Crippen molar-refractivity contribution in [3.05, 3.63) is 48.3 Å². The number of carbonyl (C=O) groups excluding carboxylic acids is 1. The molecular formula is C14H15N3O. The average molecular weight is 241 g/mol. The SMILES string of the molecule is C/C=C/CCNC(=O)c1cccc2nccnc12. The van der Waals surface area contributed by atoms with E-state index in [0.29, 0.717) is 17.6 Å². The Morgan fingerprint density at radius 3 is 3.00 bits per heavy atom. The second kappa shape index (κ2) is 5.91. The molecule has 4 heteroatoms. The second-order valence-corrected chi connectivity index (χ2v) is 3.84. The zero-order valence-corrected chi connectivity index (χ0v) is 10.3. The van der Waals surface area contributed by atoms with Crippen LogP contribution in [0, 0.1) is 0 Å². The van der Waals surface area contributed by atoms with Gasteiger partial charge in [0.05, 0.1) is 11.1 Å². The molecule has 0 atom stereocenters. The van der Waals surface area contributed by atoms with E-state index in [9.17, 15) is 4.79 Å². The zero-order valence-electron chi connectivity index (χ0n) is 10.3. The molecule has 0 saturated carbocycles. The predicted octanol–water partition coefficient (Wildman–Crippen LogP) is 2.33. The lowest BCUT2D eigenvalue weighted by atomic mass is 10.1. The molecule has 0 bridgehead atoms. The third-order valence-corrected chi connectivity index (χ3v) is 2.58. The molecule has 0 aliphatic heterocycles. The Bertz CT molecular complexity index is 573. The van der Waals surface area contributed by atoms with Crippen molar-refractivity contribution in [2.75, 3.05) is 6.54 Å². The number of amides is 1. The summed E-state index contributed by atoms with van der Waals surface area (Å²) in [5.41, 5.74) is 1.95. The molecule has 4 nitrogen and oxygen atoms in total. The van der Waals surface area contributed by atoms with Crippen molar-refractivity contribution in [1.29, 1.82) is 0 Å². The topological polar surface area (TPSA) is 54.9 Å². The standard InChI is InChI=1S/C14H15N3O/c1-2-3-4-8-17-14(18)11-6-5-7-12-13(11)16-10-9-15-12/h2-3,5-7,9-10H,4,8H2,1H3,(H,17,18)/b3-2+. The summed E-state index contributed by atoms with van der Waals surface area (Å²) in [5, 5.41) is 2.87. The summed E-state index contributed by atoms with van der Waals surface area (Å²) in [6.45, 7) is 2.59. The Hall–Kier alpha value is -2.23. The number of carbonyl (C=O) groups is 1. The van der Waals surface area contributed by atoms with Gasteiger partial charge < -0.3 is 5.32 Å². The van der Waals surface area contributed by atoms with E-state index in [4.69, 9.17) is 0 Å². The number of para-hydroxylation sites is 1. The van der Waals surface area contributed by atoms with E-state index in [1.165, 1.54) is 0 Å². The Balaban J connectivity index is 2.17. The van der Waals surface area contributed by atoms with Crippen LogP contribution >= 0.6 is 0 Å². The summed E-state index contributed by atoms with van der Waals surface area (Å²) < 4.78 is 0. The summed E-state index contributed by atoms with van der Waals surface area (Å²) in [6, 6.07) is 5.43. The fraction of sp³-hybridized carbons (Fsp3) is 0.214. The molecule has 0 saturated heterocycles. The highest BCUT2D eigenvalue weighted by Crippen LogP contribution is 2.13. The molecule has 0 fully saturated rings. The number of benzene rings is 1. The third-order valence-electron chi connectivity index (χ3n) is 2.58. The Morgan fingerprint density at radius 2 is 2.17 bits per heavy atom. The van der Waals surface area contributed by atoms with Gasteiger partial charge in [0.25, 0.3) is 5.91 Å². The number of allylic oxidation sites excluding steroid dienone is 1. The average Bonchev–Trinajstić information content (AvgIpc) is 2.43. The number of nitrogens with one attached hydrogen (secondary N) is 1. The highest BCUT2D eigenvalue weighted by atomic mass is 16.1. The minimum Gasteiger partial charge on any atom is -0.352 e. The monoisotopic (exact) mass is 241 g/mol. The fourth-order valence-corrected chi connectivity index (χ4v) is 1.71. The molecule has 0 aliphatic carbocycles. The van der Waals surface area contributed by atoms with E-state index in [2.05, 4.69) is 15.3 Å². The molecule has 92 valence electrons. The largest absolute Gasteiger partial charge is 0.352 e. The summed E-state index contributed by atoms with van der Waals surface area (Å²) in [4.78, 5) is 20.4. The van der Waals surface area contributed by atoms with Crippen molar-refractivity contribution in [1.82, 2.24) is 15.3 Å². The maximum Gasteiger partial charge on any atom is 0.253 e. The van der Waals surface area contributed by atoms with Crippen LogP contribution in [0.25, 0.3) is 11.0 Å². The molecule has 0 radical (unpaired) electrons. The van der Waals surface area contributed by atoms with Crippen LogP contribution in [0.2, 0.25) is 0 Å². The van der Waals surface area contributed by atoms with E-state index < -0.39 is 0 Å². The molecule has 2 aromatic rings. The minimum absolute atomic E-state index is 0.106. The quantitative estimate of drug-likeness (QED) is 0.660. The molecule has 0 unspecified atom stereocenters. The van der Waals surface area contributed by atoms with Crippen molar-refractivity contribution < 1.29 is 4.79 Å². The maximum atomic E-state index is 12.0. The molecule has 0 aliphatic rings. The summed E-state index contributed by atoms with van der Waals surface area (Å²) in [7, 11) is 0. The van der Waals surface area contributed by atoms with Crippen LogP contribution in [0.15, 0.2) is 42.7 Å². The van der Waals surface area contributed by atoms with Gasteiger partial charge in [-0.1, -0.05) is 18.2 Å². The Morgan fingerprint density at radius 1 is 1.33 bits per heavy atom. The second-order valence-electron chi connectivity index (χ2n) is 3.84. The van der Waals surface area contributed by atoms with Crippen LogP contribution < -0.4 is 5.32 Å². The van der Waals surface area contributed by atoms with Gasteiger partial charge in [-0.25, -0.2) is 0 Å². The normalized spacial score (nSPS) is 10.9. The van der Waals surface area contributed by atoms with Gasteiger partial charge in [0.2, 0.25) is 0 Å². The molecule has 1 N–H and O–H groups in total. The lowest BCUT2D eigenvalue weighted by molar-refractivity contribution is 0.0956. The number of aromatic nitrogens is 2. The van der Waals surface area contributed by atoms with E-state index >= 15 is 0 Å². The minimum atomic E-state index is -0.106. The van der Waals surface area contributed by atoms with Crippen LogP contribution in [0.1, 0.15) is 23.7 Å².